The average molecular weight is 322 g/mol. The molecule has 0 N–H and O–H groups in total. The van der Waals surface area contributed by atoms with Crippen LogP contribution in [0.1, 0.15) is 47.5 Å². The Morgan fingerprint density at radius 2 is 1.47 bits per heavy atom. The van der Waals surface area contributed by atoms with Crippen LogP contribution in [0.3, 0.4) is 0 Å². The van der Waals surface area contributed by atoms with Crippen LogP contribution in [0.5, 0.6) is 0 Å². The van der Waals surface area contributed by atoms with Gasteiger partial charge in [0.15, 0.2) is 0 Å². The molecule has 106 valence electrons. The van der Waals surface area contributed by atoms with Crippen LogP contribution in [-0.4, -0.2) is 23.1 Å². The molecular weight excluding hydrogens is 293 g/mol. The minimum atomic E-state index is -0.322. The summed E-state index contributed by atoms with van der Waals surface area (Å²) in [5.41, 5.74) is 0. The van der Waals surface area contributed by atoms with Gasteiger partial charge in [-0.15, -0.1) is 24.8 Å². The van der Waals surface area contributed by atoms with Crippen LogP contribution in [0.15, 0.2) is 0 Å². The summed E-state index contributed by atoms with van der Waals surface area (Å²) in [5, 5.41) is 0. The van der Waals surface area contributed by atoms with Gasteiger partial charge in [-0.3, -0.25) is 0 Å². The number of unbranched alkanes of at least 4 members (excludes halogenated alkanes) is 1. The quantitative estimate of drug-likeness (QED) is 0.467. The van der Waals surface area contributed by atoms with Crippen molar-refractivity contribution in [1.82, 2.24) is 3.38 Å². The maximum atomic E-state index is 5.79. The van der Waals surface area contributed by atoms with E-state index in [0.717, 1.165) is 18.4 Å². The smallest absolute Gasteiger partial charge is 0.147 e. The van der Waals surface area contributed by atoms with E-state index in [2.05, 4.69) is 38.0 Å². The Balaban J connectivity index is -0.000000980. The van der Waals surface area contributed by atoms with E-state index in [4.69, 9.17) is 3.32 Å². The number of halogens is 2. The van der Waals surface area contributed by atoms with E-state index >= 15 is 0 Å². The van der Waals surface area contributed by atoms with Crippen molar-refractivity contribution in [3.8, 4) is 0 Å². The second kappa shape index (κ2) is 15.3. The fraction of sp³-hybridized carbons (Fsp3) is 1.00. The number of rotatable bonds is 9. The monoisotopic (exact) mass is 321 g/mol. The van der Waals surface area contributed by atoms with Crippen molar-refractivity contribution in [3.05, 3.63) is 0 Å². The molecule has 0 saturated carbocycles. The molecule has 0 aliphatic carbocycles. The van der Waals surface area contributed by atoms with Crippen LogP contribution in [0, 0.1) is 11.8 Å². The molecule has 0 amide bonds. The van der Waals surface area contributed by atoms with Crippen LogP contribution in [0.25, 0.3) is 0 Å². The molecule has 0 rings (SSSR count). The molecule has 5 heteroatoms. The SMILES string of the molecule is CCCC[O][Ti][N](CC(C)C)CC(C)C.Cl.Cl. The summed E-state index contributed by atoms with van der Waals surface area (Å²) in [6, 6.07) is 0. The van der Waals surface area contributed by atoms with E-state index in [1.165, 1.54) is 25.9 Å². The maximum absolute atomic E-state index is 5.79. The topological polar surface area (TPSA) is 12.5 Å². The van der Waals surface area contributed by atoms with Gasteiger partial charge in [0.2, 0.25) is 0 Å². The van der Waals surface area contributed by atoms with E-state index in [-0.39, 0.29) is 44.6 Å². The Morgan fingerprint density at radius 1 is 1.00 bits per heavy atom. The first kappa shape index (κ1) is 23.3. The fourth-order valence-electron chi connectivity index (χ4n) is 1.38. The second-order valence-electron chi connectivity index (χ2n) is 4.99. The minimum absolute atomic E-state index is 0. The Hall–Kier alpha value is 1.21. The Morgan fingerprint density at radius 3 is 1.82 bits per heavy atom. The second-order valence-corrected chi connectivity index (χ2v) is 6.71. The van der Waals surface area contributed by atoms with Gasteiger partial charge in [0.25, 0.3) is 0 Å². The molecule has 0 saturated heterocycles. The molecule has 0 heterocycles. The van der Waals surface area contributed by atoms with Crippen LogP contribution < -0.4 is 0 Å². The van der Waals surface area contributed by atoms with Crippen molar-refractivity contribution in [3.63, 3.8) is 0 Å². The predicted octanol–water partition coefficient (Wildman–Crippen LogP) is 4.17. The van der Waals surface area contributed by atoms with Crippen LogP contribution >= 0.6 is 24.8 Å². The van der Waals surface area contributed by atoms with Crippen molar-refractivity contribution in [1.29, 1.82) is 0 Å². The van der Waals surface area contributed by atoms with Crippen molar-refractivity contribution in [2.45, 2.75) is 47.5 Å². The molecule has 0 unspecified atom stereocenters. The summed E-state index contributed by atoms with van der Waals surface area (Å²) in [4.78, 5) is 0. The van der Waals surface area contributed by atoms with Gasteiger partial charge in [-0.2, -0.15) is 0 Å². The zero-order valence-corrected chi connectivity index (χ0v) is 15.1. The molecule has 0 fully saturated rings. The zero-order valence-electron chi connectivity index (χ0n) is 11.9. The van der Waals surface area contributed by atoms with Gasteiger partial charge in [-0.25, -0.2) is 0 Å². The molecule has 0 aliphatic rings. The summed E-state index contributed by atoms with van der Waals surface area (Å²) in [6.45, 7) is 14.7. The average Bonchev–Trinajstić information content (AvgIpc) is 2.10. The molecular formula is C12H29Cl2NOTi. The Kier molecular flexibility index (Phi) is 20.9. The number of hydrogen-bond acceptors (Lipinski definition) is 2. The van der Waals surface area contributed by atoms with Crippen LogP contribution in [-0.2, 0) is 23.1 Å². The summed E-state index contributed by atoms with van der Waals surface area (Å²) in [5.74, 6) is 1.50. The van der Waals surface area contributed by atoms with Gasteiger partial charge < -0.3 is 0 Å². The first-order valence-electron chi connectivity index (χ1n) is 6.18. The van der Waals surface area contributed by atoms with E-state index < -0.39 is 0 Å². The molecule has 17 heavy (non-hydrogen) atoms. The van der Waals surface area contributed by atoms with Crippen molar-refractivity contribution < 1.29 is 23.1 Å². The number of hydrogen-bond donors (Lipinski definition) is 0. The molecule has 0 radical (unpaired) electrons. The van der Waals surface area contributed by atoms with Crippen LogP contribution in [0.2, 0.25) is 0 Å². The molecule has 2 nitrogen and oxygen atoms in total. The van der Waals surface area contributed by atoms with Gasteiger partial charge in [-0.05, 0) is 0 Å². The molecule has 0 aromatic carbocycles. The van der Waals surface area contributed by atoms with Gasteiger partial charge in [0.05, 0.1) is 0 Å². The predicted molar refractivity (Wildman–Crippen MR) is 76.6 cm³/mol. The van der Waals surface area contributed by atoms with Gasteiger partial charge >= 0.3 is 105 Å². The van der Waals surface area contributed by atoms with Crippen molar-refractivity contribution in [2.75, 3.05) is 19.7 Å². The van der Waals surface area contributed by atoms with E-state index in [9.17, 15) is 0 Å². The number of nitrogens with zero attached hydrogens (tertiary/aromatic N) is 1. The third-order valence-electron chi connectivity index (χ3n) is 1.96. The molecule has 0 spiro atoms. The standard InChI is InChI=1S/C8H18N.C4H9O.2ClH.Ti/c1-7(2)5-9-6-8(3)4;1-2-3-4-5;;;/h7-8H,5-6H2,1-4H3;2-4H2,1H3;2*1H;/q2*-1;;;+2. The summed E-state index contributed by atoms with van der Waals surface area (Å²) in [7, 11) is 0. The third kappa shape index (κ3) is 17.2. The zero-order chi connectivity index (χ0) is 11.7. The van der Waals surface area contributed by atoms with E-state index in [1.807, 2.05) is 0 Å². The first-order chi connectivity index (χ1) is 7.06. The minimum Gasteiger partial charge on any atom is -0.147 e. The van der Waals surface area contributed by atoms with Gasteiger partial charge in [-0.1, -0.05) is 0 Å². The normalized spacial score (nSPS) is 10.4. The maximum Gasteiger partial charge on any atom is -0.147 e. The first-order valence-corrected chi connectivity index (χ1v) is 7.52. The summed E-state index contributed by atoms with van der Waals surface area (Å²) in [6.07, 6.45) is 2.45. The molecule has 0 atom stereocenters. The largest absolute Gasteiger partial charge is 0.147 e. The fourth-order valence-corrected chi connectivity index (χ4v) is 3.41. The summed E-state index contributed by atoms with van der Waals surface area (Å²) < 4.78 is 8.34. The van der Waals surface area contributed by atoms with Crippen molar-refractivity contribution >= 4 is 24.8 Å². The Bertz CT molecular complexity index is 138. The summed E-state index contributed by atoms with van der Waals surface area (Å²) >= 11 is -0.322. The van der Waals surface area contributed by atoms with E-state index in [1.54, 1.807) is 0 Å². The molecule has 0 aromatic rings. The molecule has 0 aromatic heterocycles. The molecule has 0 aliphatic heterocycles. The Labute approximate surface area is 130 Å². The third-order valence-corrected chi connectivity index (χ3v) is 3.46. The van der Waals surface area contributed by atoms with Gasteiger partial charge in [0.1, 0.15) is 0 Å². The van der Waals surface area contributed by atoms with Gasteiger partial charge in [0, 0.05) is 0 Å². The van der Waals surface area contributed by atoms with Crippen LogP contribution in [0.4, 0.5) is 0 Å². The van der Waals surface area contributed by atoms with Crippen molar-refractivity contribution in [2.24, 2.45) is 11.8 Å². The van der Waals surface area contributed by atoms with E-state index in [0.29, 0.717) is 0 Å². The molecule has 0 bridgehead atoms.